The van der Waals surface area contributed by atoms with Gasteiger partial charge in [-0.1, -0.05) is 87.0 Å². The fourth-order valence-electron chi connectivity index (χ4n) is 8.69. The first-order valence-corrected chi connectivity index (χ1v) is 20.8. The maximum Gasteiger partial charge on any atom is 0.227 e. The van der Waals surface area contributed by atoms with Crippen molar-refractivity contribution >= 4 is 38.9 Å². The number of amides is 1. The predicted molar refractivity (Wildman–Crippen MR) is 195 cm³/mol. The molecule has 2 unspecified atom stereocenters. The minimum Gasteiger partial charge on any atom is -0.332 e. The Morgan fingerprint density at radius 1 is 0.857 bits per heavy atom. The number of fused-ring (bicyclic) bond motifs is 1. The highest BCUT2D eigenvalue weighted by atomic mass is 32.2. The Labute approximate surface area is 297 Å². The lowest BCUT2D eigenvalue weighted by Gasteiger charge is -2.40. The summed E-state index contributed by atoms with van der Waals surface area (Å²) in [7, 11) is -3.46. The van der Waals surface area contributed by atoms with Crippen LogP contribution in [0.15, 0.2) is 0 Å². The molecule has 2 saturated carbocycles. The first-order valence-electron chi connectivity index (χ1n) is 19.2. The van der Waals surface area contributed by atoms with Crippen LogP contribution in [0.25, 0.3) is 0 Å². The predicted octanol–water partition coefficient (Wildman–Crippen LogP) is 7.74. The SMILES string of the molecule is CCCCC(=O)C(=O)C(CCCC)CC(=O)[C@@H]1[C@@H]2C(CN1C(=O)[C@@H](CC(=O)CC1(CS(=O)(=O)C(C)(C)C)CCCCC1)C(C)(C)C)C2(C)C. The average molecular weight is 706 g/mol. The van der Waals surface area contributed by atoms with Gasteiger partial charge in [-0.25, -0.2) is 8.42 Å². The summed E-state index contributed by atoms with van der Waals surface area (Å²) < 4.78 is 25.8. The van der Waals surface area contributed by atoms with Crippen molar-refractivity contribution in [3.8, 4) is 0 Å². The molecule has 0 bridgehead atoms. The van der Waals surface area contributed by atoms with Gasteiger partial charge in [0.25, 0.3) is 0 Å². The Kier molecular flexibility index (Phi) is 13.4. The van der Waals surface area contributed by atoms with Crippen LogP contribution in [0, 0.1) is 39.9 Å². The molecule has 1 heterocycles. The molecule has 0 spiro atoms. The van der Waals surface area contributed by atoms with Crippen LogP contribution in [0.1, 0.15) is 159 Å². The smallest absolute Gasteiger partial charge is 0.227 e. The Morgan fingerprint density at radius 3 is 1.98 bits per heavy atom. The third-order valence-electron chi connectivity index (χ3n) is 12.3. The minimum absolute atomic E-state index is 0.000668. The summed E-state index contributed by atoms with van der Waals surface area (Å²) in [4.78, 5) is 70.5. The normalized spacial score (nSPS) is 24.5. The summed E-state index contributed by atoms with van der Waals surface area (Å²) in [6, 6.07) is -0.684. The highest BCUT2D eigenvalue weighted by Gasteiger charge is 2.69. The molecule has 0 radical (unpaired) electrons. The maximum absolute atomic E-state index is 14.6. The highest BCUT2D eigenvalue weighted by molar-refractivity contribution is 7.92. The molecule has 280 valence electrons. The molecule has 3 fully saturated rings. The van der Waals surface area contributed by atoms with Gasteiger partial charge in [-0.15, -0.1) is 0 Å². The van der Waals surface area contributed by atoms with Crippen LogP contribution in [0.2, 0.25) is 0 Å². The second kappa shape index (κ2) is 15.8. The molecule has 1 aliphatic heterocycles. The largest absolute Gasteiger partial charge is 0.332 e. The van der Waals surface area contributed by atoms with Crippen molar-refractivity contribution in [1.29, 1.82) is 0 Å². The van der Waals surface area contributed by atoms with Crippen LogP contribution in [-0.4, -0.2) is 65.4 Å². The Hall–Kier alpha value is -1.90. The number of hydrogen-bond acceptors (Lipinski definition) is 7. The number of Topliss-reactive ketones (excluding diaryl/α,β-unsaturated/α-hetero) is 4. The lowest BCUT2D eigenvalue weighted by Crippen LogP contribution is -2.51. The third kappa shape index (κ3) is 9.71. The Morgan fingerprint density at radius 2 is 1.45 bits per heavy atom. The van der Waals surface area contributed by atoms with Crippen LogP contribution in [0.5, 0.6) is 0 Å². The summed E-state index contributed by atoms with van der Waals surface area (Å²) in [5, 5.41) is 0. The first-order chi connectivity index (χ1) is 22.5. The van der Waals surface area contributed by atoms with Gasteiger partial charge in [0.15, 0.2) is 21.4 Å². The van der Waals surface area contributed by atoms with Gasteiger partial charge in [0.2, 0.25) is 11.7 Å². The highest BCUT2D eigenvalue weighted by Crippen LogP contribution is 2.65. The van der Waals surface area contributed by atoms with Crippen molar-refractivity contribution in [2.45, 2.75) is 170 Å². The zero-order valence-electron chi connectivity index (χ0n) is 32.4. The van der Waals surface area contributed by atoms with Crippen LogP contribution in [-0.2, 0) is 33.8 Å². The fraction of sp³-hybridized carbons (Fsp3) is 0.875. The van der Waals surface area contributed by atoms with Crippen LogP contribution < -0.4 is 0 Å². The van der Waals surface area contributed by atoms with E-state index < -0.39 is 54.9 Å². The average Bonchev–Trinajstić information content (AvgIpc) is 3.30. The van der Waals surface area contributed by atoms with Gasteiger partial charge >= 0.3 is 0 Å². The van der Waals surface area contributed by atoms with Crippen molar-refractivity contribution in [3.05, 3.63) is 0 Å². The van der Waals surface area contributed by atoms with E-state index in [9.17, 15) is 32.4 Å². The summed E-state index contributed by atoms with van der Waals surface area (Å²) in [6.07, 6.45) is 7.95. The van der Waals surface area contributed by atoms with Gasteiger partial charge in [0.05, 0.1) is 16.5 Å². The van der Waals surface area contributed by atoms with E-state index in [0.29, 0.717) is 32.2 Å². The van der Waals surface area contributed by atoms with Gasteiger partial charge in [-0.2, -0.15) is 0 Å². The molecule has 3 aliphatic rings. The van der Waals surface area contributed by atoms with Crippen molar-refractivity contribution in [2.75, 3.05) is 12.3 Å². The van der Waals surface area contributed by atoms with Crippen molar-refractivity contribution in [3.63, 3.8) is 0 Å². The molecule has 1 saturated heterocycles. The number of rotatable bonds is 18. The van der Waals surface area contributed by atoms with E-state index in [1.54, 1.807) is 25.7 Å². The Bertz CT molecular complexity index is 1340. The van der Waals surface area contributed by atoms with Gasteiger partial charge in [0, 0.05) is 44.1 Å². The molecular weight excluding hydrogens is 639 g/mol. The van der Waals surface area contributed by atoms with Crippen LogP contribution in [0.3, 0.4) is 0 Å². The summed E-state index contributed by atoms with van der Waals surface area (Å²) >= 11 is 0. The second-order valence-electron chi connectivity index (χ2n) is 18.6. The quantitative estimate of drug-likeness (QED) is 0.134. The number of piperidine rings is 1. The molecule has 0 N–H and O–H groups in total. The van der Waals surface area contributed by atoms with E-state index in [2.05, 4.69) is 13.8 Å². The second-order valence-corrected chi connectivity index (χ2v) is 21.3. The standard InChI is InChI=1S/C40H67NO7S/c1-11-13-18-27(35(45)31(43)19-14-12-2)22-32(44)34-33-30(39(33,9)10)25-41(34)36(46)29(37(3,4)5)23-28(42)24-40(20-16-15-17-21-40)26-49(47,48)38(6,7)8/h27,29-30,33-34H,11-26H2,1-10H3/t27?,29-,30?,33+,34-/m1/s1. The summed E-state index contributed by atoms with van der Waals surface area (Å²) in [5.74, 6) is -2.56. The zero-order valence-corrected chi connectivity index (χ0v) is 33.2. The lowest BCUT2D eigenvalue weighted by molar-refractivity contribution is -0.148. The molecule has 9 heteroatoms. The van der Waals surface area contributed by atoms with Crippen LogP contribution >= 0.6 is 0 Å². The third-order valence-corrected chi connectivity index (χ3v) is 15.1. The number of hydrogen-bond donors (Lipinski definition) is 0. The van der Waals surface area contributed by atoms with E-state index in [4.69, 9.17) is 0 Å². The molecule has 0 aromatic carbocycles. The molecule has 3 rings (SSSR count). The van der Waals surface area contributed by atoms with Crippen molar-refractivity contribution in [2.24, 2.45) is 39.9 Å². The topological polar surface area (TPSA) is 123 Å². The van der Waals surface area contributed by atoms with Gasteiger partial charge in [-0.3, -0.25) is 24.0 Å². The number of carbonyl (C=O) groups excluding carboxylic acids is 5. The van der Waals surface area contributed by atoms with Crippen LogP contribution in [0.4, 0.5) is 0 Å². The first kappa shape index (κ1) is 41.5. The fourth-order valence-corrected chi connectivity index (χ4v) is 10.3. The number of nitrogens with zero attached hydrogens (tertiary/aromatic N) is 1. The molecule has 0 aromatic heterocycles. The van der Waals surface area contributed by atoms with Gasteiger partial charge < -0.3 is 4.90 Å². The number of ketones is 4. The molecule has 2 aliphatic carbocycles. The molecule has 5 atom stereocenters. The molecule has 49 heavy (non-hydrogen) atoms. The number of carbonyl (C=O) groups is 5. The summed E-state index contributed by atoms with van der Waals surface area (Å²) in [6.45, 7) is 19.6. The number of sulfone groups is 1. The minimum atomic E-state index is -3.46. The molecule has 0 aromatic rings. The van der Waals surface area contributed by atoms with Crippen molar-refractivity contribution < 1.29 is 32.4 Å². The Balaban J connectivity index is 1.86. The van der Waals surface area contributed by atoms with Gasteiger partial charge in [-0.05, 0) is 74.5 Å². The van der Waals surface area contributed by atoms with E-state index in [1.165, 1.54) is 0 Å². The van der Waals surface area contributed by atoms with E-state index in [-0.39, 0.29) is 66.2 Å². The molecule has 8 nitrogen and oxygen atoms in total. The monoisotopic (exact) mass is 705 g/mol. The number of likely N-dealkylation sites (tertiary alicyclic amines) is 1. The summed E-state index contributed by atoms with van der Waals surface area (Å²) in [5.41, 5.74) is -1.32. The zero-order chi connectivity index (χ0) is 37.2. The van der Waals surface area contributed by atoms with E-state index in [1.807, 2.05) is 34.6 Å². The van der Waals surface area contributed by atoms with E-state index >= 15 is 0 Å². The lowest BCUT2D eigenvalue weighted by atomic mass is 9.70. The van der Waals surface area contributed by atoms with E-state index in [0.717, 1.165) is 38.5 Å². The number of unbranched alkanes of at least 4 members (excludes halogenated alkanes) is 2. The molecule has 1 amide bonds. The molecular formula is C40H67NO7S. The maximum atomic E-state index is 14.6. The van der Waals surface area contributed by atoms with Gasteiger partial charge in [0.1, 0.15) is 5.78 Å². The van der Waals surface area contributed by atoms with Crippen molar-refractivity contribution in [1.82, 2.24) is 4.90 Å².